The second-order valence-corrected chi connectivity index (χ2v) is 12.9. The van der Waals surface area contributed by atoms with Gasteiger partial charge in [0.05, 0.1) is 5.69 Å². The fourth-order valence-electron chi connectivity index (χ4n) is 3.56. The first-order valence-electron chi connectivity index (χ1n) is 10.4. The van der Waals surface area contributed by atoms with Crippen molar-refractivity contribution in [2.24, 2.45) is 4.99 Å². The van der Waals surface area contributed by atoms with Gasteiger partial charge in [0, 0.05) is 5.56 Å². The molecule has 170 valence electrons. The molecule has 0 amide bonds. The molecule has 0 N–H and O–H groups in total. The van der Waals surface area contributed by atoms with Crippen LogP contribution in [0.25, 0.3) is 11.1 Å². The van der Waals surface area contributed by atoms with E-state index < -0.39 is 0 Å². The van der Waals surface area contributed by atoms with Gasteiger partial charge in [-0.1, -0.05) is 88.4 Å². The van der Waals surface area contributed by atoms with E-state index in [9.17, 15) is 0 Å². The first kappa shape index (κ1) is 24.9. The minimum absolute atomic E-state index is 0.369. The summed E-state index contributed by atoms with van der Waals surface area (Å²) in [5.74, 6) is 1.28. The second kappa shape index (κ2) is 11.9. The number of benzene rings is 3. The van der Waals surface area contributed by atoms with Crippen molar-refractivity contribution in [3.8, 4) is 0 Å². The molecule has 0 unspecified atom stereocenters. The van der Waals surface area contributed by atoms with Crippen LogP contribution in [-0.4, -0.2) is 10.7 Å². The predicted molar refractivity (Wildman–Crippen MR) is 138 cm³/mol. The van der Waals surface area contributed by atoms with E-state index in [1.165, 1.54) is 22.0 Å². The Morgan fingerprint density at radius 1 is 0.812 bits per heavy atom. The van der Waals surface area contributed by atoms with E-state index in [0.717, 1.165) is 28.1 Å². The fourth-order valence-corrected chi connectivity index (χ4v) is 3.56. The molecule has 0 fully saturated rings. The van der Waals surface area contributed by atoms with Crippen LogP contribution in [0.15, 0.2) is 82.2 Å². The Balaban J connectivity index is 0.000000913. The van der Waals surface area contributed by atoms with Crippen LogP contribution in [0.5, 0.6) is 0 Å². The number of para-hydroxylation sites is 3. The molecule has 0 aliphatic carbocycles. The number of aliphatic imine (C=N–C) groups is 1. The maximum atomic E-state index is 6.12. The maximum absolute atomic E-state index is 6.12. The molecule has 0 saturated heterocycles. The van der Waals surface area contributed by atoms with Gasteiger partial charge in [-0.05, 0) is 35.1 Å². The number of fused-ring (bicyclic) bond motifs is 1. The van der Waals surface area contributed by atoms with Crippen molar-refractivity contribution < 1.29 is 15.3 Å². The average molecular weight is 601 g/mol. The summed E-state index contributed by atoms with van der Waals surface area (Å²) in [6, 6.07) is 24.5. The molecule has 0 aliphatic rings. The molecule has 0 atom stereocenters. The zero-order valence-electron chi connectivity index (χ0n) is 18.5. The molecule has 6 heteroatoms. The number of halogens is 2. The number of nitrogens with zero attached hydrogens (tertiary/aromatic N) is 2. The summed E-state index contributed by atoms with van der Waals surface area (Å²) in [4.78, 5) is 9.93. The normalized spacial score (nSPS) is 11.8. The van der Waals surface area contributed by atoms with Gasteiger partial charge in [-0.3, -0.25) is 0 Å². The van der Waals surface area contributed by atoms with Gasteiger partial charge >= 0.3 is 39.3 Å². The number of rotatable bonds is 5. The third kappa shape index (κ3) is 5.98. The first-order chi connectivity index (χ1) is 15.5. The Bertz CT molecular complexity index is 1130. The summed E-state index contributed by atoms with van der Waals surface area (Å²) < 4.78 is 6.12. The van der Waals surface area contributed by atoms with Crippen LogP contribution in [0.1, 0.15) is 62.1 Å². The zero-order chi connectivity index (χ0) is 23.1. The van der Waals surface area contributed by atoms with E-state index in [1.54, 1.807) is 0 Å². The number of hydrogen-bond donors (Lipinski definition) is 0. The SMILES string of the molecule is CC(C)c1cccc(C(C)C)c1N=C(c1ccccc1)c1nc2ccccc2o1.[Br][Ni][Br]. The van der Waals surface area contributed by atoms with Gasteiger partial charge in [-0.25, -0.2) is 9.98 Å². The van der Waals surface area contributed by atoms with Crippen molar-refractivity contribution in [1.82, 2.24) is 4.98 Å². The molecule has 0 bridgehead atoms. The quantitative estimate of drug-likeness (QED) is 0.169. The van der Waals surface area contributed by atoms with Gasteiger partial charge < -0.3 is 4.42 Å². The van der Waals surface area contributed by atoms with Gasteiger partial charge in [0.15, 0.2) is 5.58 Å². The summed E-state index contributed by atoms with van der Waals surface area (Å²) >= 11 is 6.00. The Labute approximate surface area is 210 Å². The Hall–Kier alpha value is -1.75. The minimum atomic E-state index is 0.369. The standard InChI is InChI=1S/C26H26N2O.2BrH.Ni/c1-17(2)20-13-10-14-21(18(3)4)25(20)28-24(19-11-6-5-7-12-19)26-27-22-15-8-9-16-23(22)29-26;;;/h5-18H,1-4H3;2*1H;/q;;;+2/p-2. The van der Waals surface area contributed by atoms with E-state index in [4.69, 9.17) is 14.4 Å². The van der Waals surface area contributed by atoms with Crippen LogP contribution in [0.3, 0.4) is 0 Å². The molecule has 3 aromatic carbocycles. The fraction of sp³-hybridized carbons (Fsp3) is 0.231. The van der Waals surface area contributed by atoms with Gasteiger partial charge in [-0.15, -0.1) is 0 Å². The van der Waals surface area contributed by atoms with Crippen molar-refractivity contribution in [2.45, 2.75) is 39.5 Å². The number of hydrogen-bond acceptors (Lipinski definition) is 3. The van der Waals surface area contributed by atoms with Gasteiger partial charge in [-0.2, -0.15) is 0 Å². The van der Waals surface area contributed by atoms with E-state index in [2.05, 4.69) is 86.5 Å². The molecule has 1 aromatic heterocycles. The van der Waals surface area contributed by atoms with E-state index >= 15 is 0 Å². The summed E-state index contributed by atoms with van der Waals surface area (Å²) in [7, 11) is 1.25. The summed E-state index contributed by atoms with van der Waals surface area (Å²) in [6.07, 6.45) is 0. The Morgan fingerprint density at radius 3 is 1.94 bits per heavy atom. The van der Waals surface area contributed by atoms with Crippen molar-refractivity contribution >= 4 is 50.9 Å². The molecule has 0 saturated carbocycles. The van der Waals surface area contributed by atoms with E-state index in [1.807, 2.05) is 42.5 Å². The van der Waals surface area contributed by atoms with E-state index in [-0.39, 0.29) is 0 Å². The third-order valence-corrected chi connectivity index (χ3v) is 5.11. The van der Waals surface area contributed by atoms with Crippen molar-refractivity contribution in [2.75, 3.05) is 0 Å². The van der Waals surface area contributed by atoms with Crippen LogP contribution in [0.4, 0.5) is 5.69 Å². The molecule has 0 radical (unpaired) electrons. The molecule has 1 heterocycles. The topological polar surface area (TPSA) is 38.4 Å². The Morgan fingerprint density at radius 2 is 1.38 bits per heavy atom. The van der Waals surface area contributed by atoms with Crippen LogP contribution in [0.2, 0.25) is 0 Å². The zero-order valence-corrected chi connectivity index (χ0v) is 22.6. The first-order valence-corrected chi connectivity index (χ1v) is 15.3. The second-order valence-electron chi connectivity index (χ2n) is 7.95. The van der Waals surface area contributed by atoms with Crippen LogP contribution in [0, 0.1) is 0 Å². The van der Waals surface area contributed by atoms with Crippen molar-refractivity contribution in [1.29, 1.82) is 0 Å². The number of oxazole rings is 1. The Kier molecular flexibility index (Phi) is 9.27. The molecule has 3 nitrogen and oxygen atoms in total. The van der Waals surface area contributed by atoms with Crippen LogP contribution < -0.4 is 0 Å². The predicted octanol–water partition coefficient (Wildman–Crippen LogP) is 8.93. The van der Waals surface area contributed by atoms with Gasteiger partial charge in [0.2, 0.25) is 5.89 Å². The molecule has 0 spiro atoms. The summed E-state index contributed by atoms with van der Waals surface area (Å²) in [5.41, 5.74) is 6.86. The molecular formula is C26H26Br2N2NiO. The monoisotopic (exact) mass is 598 g/mol. The number of aromatic nitrogens is 1. The van der Waals surface area contributed by atoms with Crippen molar-refractivity contribution in [3.05, 3.63) is 95.4 Å². The van der Waals surface area contributed by atoms with E-state index in [0.29, 0.717) is 17.7 Å². The summed E-state index contributed by atoms with van der Waals surface area (Å²) in [6.45, 7) is 8.83. The van der Waals surface area contributed by atoms with Crippen molar-refractivity contribution in [3.63, 3.8) is 0 Å². The average Bonchev–Trinajstić information content (AvgIpc) is 3.22. The third-order valence-electron chi connectivity index (χ3n) is 5.11. The molecule has 0 aliphatic heterocycles. The van der Waals surface area contributed by atoms with Gasteiger partial charge in [0.1, 0.15) is 11.2 Å². The van der Waals surface area contributed by atoms with Crippen LogP contribution >= 0.6 is 28.5 Å². The van der Waals surface area contributed by atoms with Gasteiger partial charge in [0.25, 0.3) is 0 Å². The molecule has 4 aromatic rings. The summed E-state index contributed by atoms with van der Waals surface area (Å²) in [5, 5.41) is 0. The molecule has 4 rings (SSSR count). The van der Waals surface area contributed by atoms with Crippen LogP contribution in [-0.2, 0) is 10.9 Å². The molecule has 32 heavy (non-hydrogen) atoms. The molecular weight excluding hydrogens is 575 g/mol.